The Hall–Kier alpha value is -2.09. The van der Waals surface area contributed by atoms with Crippen LogP contribution in [0.15, 0.2) is 0 Å². The van der Waals surface area contributed by atoms with E-state index in [4.69, 9.17) is 28.8 Å². The smallest absolute Gasteiger partial charge is 0.475 e. The molecule has 0 rings (SSSR count). The molecule has 2 N–H and O–H groups in total. The van der Waals surface area contributed by atoms with E-state index in [0.717, 1.165) is 0 Å². The Morgan fingerprint density at radius 1 is 0.886 bits per heavy atom. The van der Waals surface area contributed by atoms with Crippen molar-refractivity contribution in [3.63, 3.8) is 0 Å². The molecule has 0 aliphatic heterocycles. The minimum atomic E-state index is -5.08. The maximum absolute atomic E-state index is 12.4. The minimum absolute atomic E-state index is 0.145. The van der Waals surface area contributed by atoms with E-state index < -0.39 is 45.5 Å². The first-order valence-electron chi connectivity index (χ1n) is 10.4. The van der Waals surface area contributed by atoms with Gasteiger partial charge in [-0.25, -0.2) is 9.59 Å². The molecule has 0 radical (unpaired) electrons. The number of methoxy groups -OCH3 is 1. The Morgan fingerprint density at radius 2 is 1.37 bits per heavy atom. The molecule has 0 aliphatic carbocycles. The number of carbonyl (C=O) groups excluding carboxylic acids is 3. The van der Waals surface area contributed by atoms with Crippen molar-refractivity contribution in [1.29, 1.82) is 0 Å². The third-order valence-electron chi connectivity index (χ3n) is 3.74. The Kier molecular flexibility index (Phi) is 15.1. The second kappa shape index (κ2) is 15.1. The quantitative estimate of drug-likeness (QED) is 0.161. The largest absolute Gasteiger partial charge is 0.490 e. The van der Waals surface area contributed by atoms with Crippen LogP contribution < -0.4 is 5.32 Å². The topological polar surface area (TPSA) is 137 Å². The number of aliphatic carboxylic acids is 1. The lowest BCUT2D eigenvalue weighted by Crippen LogP contribution is -2.40. The van der Waals surface area contributed by atoms with Gasteiger partial charge in [0.15, 0.2) is 0 Å². The SMILES string of the molecule is COCCOC(=O)C(C)(Br)CC(C)(C)C(=O)OCCCNC(=O)OC(C)(C)C.O=C(O)C(F)(F)F. The van der Waals surface area contributed by atoms with Crippen LogP contribution in [0.25, 0.3) is 0 Å². The number of carboxylic acid groups (broad SMARTS) is 1. The summed E-state index contributed by atoms with van der Waals surface area (Å²) in [5, 5.41) is 9.72. The van der Waals surface area contributed by atoms with E-state index in [1.54, 1.807) is 41.5 Å². The molecular weight excluding hydrogens is 547 g/mol. The number of carbonyl (C=O) groups is 4. The molecule has 10 nitrogen and oxygen atoms in total. The molecule has 0 aromatic carbocycles. The standard InChI is InChI=1S/C19H34BrNO7.C2HF3O2/c1-17(2,3)28-16(24)21-9-8-10-26-14(22)18(4,5)13-19(6,20)15(23)27-12-11-25-7;3-2(4,5)1(6)7/h8-13H2,1-7H3,(H,21,24);(H,6,7). The number of alkyl halides is 4. The van der Waals surface area contributed by atoms with Crippen molar-refractivity contribution >= 4 is 39.9 Å². The molecule has 206 valence electrons. The molecule has 1 unspecified atom stereocenters. The van der Waals surface area contributed by atoms with Crippen molar-refractivity contribution in [1.82, 2.24) is 5.32 Å². The van der Waals surface area contributed by atoms with Crippen molar-refractivity contribution in [3.05, 3.63) is 0 Å². The molecule has 0 aromatic rings. The molecule has 0 saturated heterocycles. The number of halogens is 4. The fraction of sp³-hybridized carbons (Fsp3) is 0.810. The fourth-order valence-corrected chi connectivity index (χ4v) is 3.09. The lowest BCUT2D eigenvalue weighted by atomic mass is 9.83. The van der Waals surface area contributed by atoms with Crippen LogP contribution in [0, 0.1) is 5.41 Å². The van der Waals surface area contributed by atoms with E-state index in [9.17, 15) is 27.6 Å². The van der Waals surface area contributed by atoms with Gasteiger partial charge >= 0.3 is 30.2 Å². The van der Waals surface area contributed by atoms with Gasteiger partial charge in [0.25, 0.3) is 0 Å². The summed E-state index contributed by atoms with van der Waals surface area (Å²) in [5.74, 6) is -3.65. The van der Waals surface area contributed by atoms with E-state index in [1.807, 2.05) is 0 Å². The summed E-state index contributed by atoms with van der Waals surface area (Å²) >= 11 is 3.35. The van der Waals surface area contributed by atoms with Gasteiger partial charge in [0, 0.05) is 13.7 Å². The number of esters is 2. The van der Waals surface area contributed by atoms with E-state index in [-0.39, 0.29) is 19.6 Å². The summed E-state index contributed by atoms with van der Waals surface area (Å²) in [7, 11) is 1.52. The molecule has 14 heteroatoms. The average molecular weight is 582 g/mol. The summed E-state index contributed by atoms with van der Waals surface area (Å²) in [6, 6.07) is 0. The number of rotatable bonds is 11. The molecule has 0 saturated carbocycles. The predicted octanol–water partition coefficient (Wildman–Crippen LogP) is 3.84. The van der Waals surface area contributed by atoms with Crippen LogP contribution in [0.3, 0.4) is 0 Å². The van der Waals surface area contributed by atoms with Crippen LogP contribution in [0.2, 0.25) is 0 Å². The van der Waals surface area contributed by atoms with Gasteiger partial charge in [-0.15, -0.1) is 0 Å². The second-order valence-electron chi connectivity index (χ2n) is 9.11. The van der Waals surface area contributed by atoms with Crippen LogP contribution in [0.5, 0.6) is 0 Å². The Balaban J connectivity index is 0. The first-order chi connectivity index (χ1) is 15.7. The van der Waals surface area contributed by atoms with Crippen molar-refractivity contribution in [2.45, 2.75) is 70.5 Å². The van der Waals surface area contributed by atoms with Gasteiger partial charge in [0.2, 0.25) is 0 Å². The zero-order chi connectivity index (χ0) is 28.1. The van der Waals surface area contributed by atoms with Gasteiger partial charge in [-0.3, -0.25) is 9.59 Å². The molecule has 0 fully saturated rings. The predicted molar refractivity (Wildman–Crippen MR) is 122 cm³/mol. The molecular formula is C21H35BrF3NO9. The van der Waals surface area contributed by atoms with Crippen LogP contribution in [0.4, 0.5) is 18.0 Å². The summed E-state index contributed by atoms with van der Waals surface area (Å²) in [6.45, 7) is 11.3. The van der Waals surface area contributed by atoms with Gasteiger partial charge in [-0.05, 0) is 54.4 Å². The highest BCUT2D eigenvalue weighted by atomic mass is 79.9. The number of amides is 1. The van der Waals surface area contributed by atoms with Crippen LogP contribution >= 0.6 is 15.9 Å². The summed E-state index contributed by atoms with van der Waals surface area (Å²) in [6.07, 6.45) is -4.95. The highest BCUT2D eigenvalue weighted by Crippen LogP contribution is 2.35. The third-order valence-corrected chi connectivity index (χ3v) is 4.34. The van der Waals surface area contributed by atoms with E-state index in [0.29, 0.717) is 19.6 Å². The van der Waals surface area contributed by atoms with Crippen molar-refractivity contribution in [3.8, 4) is 0 Å². The van der Waals surface area contributed by atoms with Gasteiger partial charge < -0.3 is 29.4 Å². The number of hydrogen-bond donors (Lipinski definition) is 2. The molecule has 0 aromatic heterocycles. The van der Waals surface area contributed by atoms with Crippen molar-refractivity contribution < 1.29 is 56.4 Å². The zero-order valence-corrected chi connectivity index (χ0v) is 22.6. The summed E-state index contributed by atoms with van der Waals surface area (Å²) in [5.41, 5.74) is -1.47. The molecule has 0 spiro atoms. The normalized spacial score (nSPS) is 13.5. The molecule has 0 bridgehead atoms. The highest BCUT2D eigenvalue weighted by molar-refractivity contribution is 9.10. The second-order valence-corrected chi connectivity index (χ2v) is 10.9. The van der Waals surface area contributed by atoms with Gasteiger partial charge in [0.05, 0.1) is 18.6 Å². The number of ether oxygens (including phenoxy) is 4. The summed E-state index contributed by atoms with van der Waals surface area (Å²) in [4.78, 5) is 45.0. The molecule has 0 heterocycles. The molecule has 1 atom stereocenters. The molecule has 1 amide bonds. The monoisotopic (exact) mass is 581 g/mol. The maximum atomic E-state index is 12.4. The van der Waals surface area contributed by atoms with Crippen LogP contribution in [0.1, 0.15) is 54.4 Å². The third kappa shape index (κ3) is 17.9. The van der Waals surface area contributed by atoms with Crippen molar-refractivity contribution in [2.75, 3.05) is 33.5 Å². The van der Waals surface area contributed by atoms with Gasteiger partial charge in [-0.2, -0.15) is 13.2 Å². The average Bonchev–Trinajstić information content (AvgIpc) is 2.65. The number of hydrogen-bond acceptors (Lipinski definition) is 8. The maximum Gasteiger partial charge on any atom is 0.490 e. The Morgan fingerprint density at radius 3 is 1.80 bits per heavy atom. The molecule has 35 heavy (non-hydrogen) atoms. The first-order valence-corrected chi connectivity index (χ1v) is 11.2. The lowest BCUT2D eigenvalue weighted by Gasteiger charge is -2.30. The van der Waals surface area contributed by atoms with Gasteiger partial charge in [0.1, 0.15) is 16.5 Å². The van der Waals surface area contributed by atoms with E-state index in [2.05, 4.69) is 21.2 Å². The number of carboxylic acids is 1. The van der Waals surface area contributed by atoms with Crippen molar-refractivity contribution in [2.24, 2.45) is 5.41 Å². The molecule has 0 aliphatic rings. The summed E-state index contributed by atoms with van der Waals surface area (Å²) < 4.78 is 51.1. The minimum Gasteiger partial charge on any atom is -0.475 e. The number of alkyl carbamates (subject to hydrolysis) is 1. The number of nitrogens with one attached hydrogen (secondary N) is 1. The first kappa shape index (κ1) is 35.1. The van der Waals surface area contributed by atoms with Crippen LogP contribution in [-0.4, -0.2) is 78.7 Å². The lowest BCUT2D eigenvalue weighted by molar-refractivity contribution is -0.192. The van der Waals surface area contributed by atoms with Crippen LogP contribution in [-0.2, 0) is 33.3 Å². The highest BCUT2D eigenvalue weighted by Gasteiger charge is 2.42. The van der Waals surface area contributed by atoms with E-state index >= 15 is 0 Å². The zero-order valence-electron chi connectivity index (χ0n) is 21.0. The van der Waals surface area contributed by atoms with Gasteiger partial charge in [-0.1, -0.05) is 15.9 Å². The Labute approximate surface area is 211 Å². The van der Waals surface area contributed by atoms with E-state index in [1.165, 1.54) is 7.11 Å². The Bertz CT molecular complexity index is 705. The fourth-order valence-electron chi connectivity index (χ4n) is 2.28.